The molecule has 0 saturated carbocycles. The highest BCUT2D eigenvalue weighted by molar-refractivity contribution is 14.1. The van der Waals surface area contributed by atoms with E-state index in [1.54, 1.807) is 6.92 Å². The summed E-state index contributed by atoms with van der Waals surface area (Å²) in [5.41, 5.74) is 0. The largest absolute Gasteiger partial charge is 0.464 e. The average Bonchev–Trinajstić information content (AvgIpc) is 2.05. The summed E-state index contributed by atoms with van der Waals surface area (Å²) < 4.78 is 12.1. The van der Waals surface area contributed by atoms with Gasteiger partial charge in [-0.1, -0.05) is 0 Å². The van der Waals surface area contributed by atoms with E-state index < -0.39 is 6.10 Å². The van der Waals surface area contributed by atoms with Gasteiger partial charge in [0.15, 0.2) is 6.10 Å². The number of halogens is 1. The van der Waals surface area contributed by atoms with Crippen LogP contribution in [0.5, 0.6) is 0 Å². The smallest absolute Gasteiger partial charge is 0.336 e. The molecule has 0 aromatic rings. The van der Waals surface area contributed by atoms with Gasteiger partial charge in [0.05, 0.1) is 13.2 Å². The van der Waals surface area contributed by atoms with Gasteiger partial charge in [-0.15, -0.1) is 0 Å². The molecule has 0 aromatic heterocycles. The Hall–Kier alpha value is 0.120. The van der Waals surface area contributed by atoms with Crippen molar-refractivity contribution >= 4 is 28.8 Å². The lowest BCUT2D eigenvalue weighted by Gasteiger charge is -2.26. The van der Waals surface area contributed by atoms with E-state index in [0.717, 1.165) is 6.54 Å². The molecule has 70 valence electrons. The molecule has 0 aliphatic carbocycles. The van der Waals surface area contributed by atoms with Crippen LogP contribution in [0.25, 0.3) is 0 Å². The monoisotopic (exact) mass is 285 g/mol. The molecule has 0 N–H and O–H groups in total. The van der Waals surface area contributed by atoms with Gasteiger partial charge < -0.3 is 9.47 Å². The summed E-state index contributed by atoms with van der Waals surface area (Å²) in [6, 6.07) is 0. The van der Waals surface area contributed by atoms with Crippen molar-refractivity contribution in [2.45, 2.75) is 13.0 Å². The summed E-state index contributed by atoms with van der Waals surface area (Å²) in [4.78, 5) is 11.2. The van der Waals surface area contributed by atoms with E-state index in [9.17, 15) is 4.79 Å². The van der Waals surface area contributed by atoms with Gasteiger partial charge in [0.2, 0.25) is 0 Å². The molecular weight excluding hydrogens is 273 g/mol. The summed E-state index contributed by atoms with van der Waals surface area (Å²) in [6.07, 6.45) is -0.393. The Morgan fingerprint density at radius 1 is 1.83 bits per heavy atom. The second-order valence-electron chi connectivity index (χ2n) is 2.48. The van der Waals surface area contributed by atoms with E-state index in [2.05, 4.69) is 22.9 Å². The average molecular weight is 285 g/mol. The van der Waals surface area contributed by atoms with Crippen molar-refractivity contribution in [2.24, 2.45) is 0 Å². The fourth-order valence-corrected chi connectivity index (χ4v) is 1.55. The Balaban J connectivity index is 2.35. The van der Waals surface area contributed by atoms with Crippen LogP contribution in [0.1, 0.15) is 6.92 Å². The van der Waals surface area contributed by atoms with Gasteiger partial charge in [-0.25, -0.2) is 7.91 Å². The van der Waals surface area contributed by atoms with Crippen LogP contribution in [-0.4, -0.2) is 41.5 Å². The fourth-order valence-electron chi connectivity index (χ4n) is 0.996. The molecule has 0 amide bonds. The molecule has 1 rings (SSSR count). The van der Waals surface area contributed by atoms with Crippen LogP contribution in [0.3, 0.4) is 0 Å². The molecule has 5 heteroatoms. The van der Waals surface area contributed by atoms with Crippen molar-refractivity contribution in [1.29, 1.82) is 0 Å². The van der Waals surface area contributed by atoms with Crippen LogP contribution in [-0.2, 0) is 14.3 Å². The van der Waals surface area contributed by atoms with E-state index in [4.69, 9.17) is 9.47 Å². The maximum Gasteiger partial charge on any atom is 0.336 e. The third-order valence-electron chi connectivity index (χ3n) is 1.57. The molecule has 1 aliphatic heterocycles. The molecule has 1 saturated heterocycles. The lowest BCUT2D eigenvalue weighted by Crippen LogP contribution is -2.42. The van der Waals surface area contributed by atoms with Gasteiger partial charge in [-0.05, 0) is 6.92 Å². The molecule has 0 aromatic carbocycles. The van der Waals surface area contributed by atoms with Gasteiger partial charge >= 0.3 is 5.97 Å². The first-order chi connectivity index (χ1) is 5.74. The third-order valence-corrected chi connectivity index (χ3v) is 2.44. The molecule has 0 radical (unpaired) electrons. The van der Waals surface area contributed by atoms with Crippen molar-refractivity contribution in [2.75, 3.05) is 26.3 Å². The minimum atomic E-state index is -0.393. The van der Waals surface area contributed by atoms with Gasteiger partial charge in [-0.3, -0.25) is 0 Å². The Morgan fingerprint density at radius 3 is 3.17 bits per heavy atom. The Kier molecular flexibility index (Phi) is 4.24. The summed E-state index contributed by atoms with van der Waals surface area (Å²) >= 11 is 2.18. The van der Waals surface area contributed by atoms with Crippen LogP contribution in [0.15, 0.2) is 0 Å². The molecule has 1 aliphatic rings. The maximum absolute atomic E-state index is 11.2. The second-order valence-corrected chi connectivity index (χ2v) is 3.84. The predicted molar refractivity (Wildman–Crippen MR) is 52.0 cm³/mol. The standard InChI is InChI=1S/C7H12INO3/c1-2-11-7(10)6-5-9(8)3-4-12-6/h6H,2-5H2,1H3. The number of rotatable bonds is 2. The number of nitrogens with zero attached hydrogens (tertiary/aromatic N) is 1. The number of carbonyl (C=O) groups is 1. The molecule has 0 spiro atoms. The van der Waals surface area contributed by atoms with Gasteiger partial charge in [0.1, 0.15) is 0 Å². The van der Waals surface area contributed by atoms with Gasteiger partial charge in [0.25, 0.3) is 0 Å². The van der Waals surface area contributed by atoms with E-state index >= 15 is 0 Å². The Morgan fingerprint density at radius 2 is 2.58 bits per heavy atom. The molecule has 1 atom stereocenters. The highest BCUT2D eigenvalue weighted by Crippen LogP contribution is 2.10. The van der Waals surface area contributed by atoms with Crippen molar-refractivity contribution in [3.63, 3.8) is 0 Å². The SMILES string of the molecule is CCOC(=O)C1CN(I)CCO1. The lowest BCUT2D eigenvalue weighted by molar-refractivity contribution is -0.159. The third kappa shape index (κ3) is 2.87. The molecule has 1 unspecified atom stereocenters. The first kappa shape index (κ1) is 10.2. The number of carbonyl (C=O) groups excluding carboxylic acids is 1. The number of ether oxygens (including phenoxy) is 2. The summed E-state index contributed by atoms with van der Waals surface area (Å²) in [5, 5.41) is 0. The number of esters is 1. The van der Waals surface area contributed by atoms with Crippen molar-refractivity contribution in [3.05, 3.63) is 0 Å². The zero-order chi connectivity index (χ0) is 8.97. The van der Waals surface area contributed by atoms with Crippen molar-refractivity contribution < 1.29 is 14.3 Å². The highest BCUT2D eigenvalue weighted by atomic mass is 127. The minimum absolute atomic E-state index is 0.251. The van der Waals surface area contributed by atoms with E-state index in [1.807, 2.05) is 3.11 Å². The van der Waals surface area contributed by atoms with Gasteiger partial charge in [0, 0.05) is 36.0 Å². The van der Waals surface area contributed by atoms with Crippen LogP contribution in [0.4, 0.5) is 0 Å². The van der Waals surface area contributed by atoms with Crippen molar-refractivity contribution in [1.82, 2.24) is 3.11 Å². The first-order valence-corrected chi connectivity index (χ1v) is 4.89. The number of hydrogen-bond acceptors (Lipinski definition) is 4. The molecule has 4 nitrogen and oxygen atoms in total. The van der Waals surface area contributed by atoms with Crippen LogP contribution in [0.2, 0.25) is 0 Å². The topological polar surface area (TPSA) is 38.8 Å². The van der Waals surface area contributed by atoms with E-state index in [0.29, 0.717) is 19.8 Å². The zero-order valence-electron chi connectivity index (χ0n) is 6.96. The predicted octanol–water partition coefficient (Wildman–Crippen LogP) is 0.600. The van der Waals surface area contributed by atoms with Gasteiger partial charge in [-0.2, -0.15) is 0 Å². The molecule has 0 bridgehead atoms. The highest BCUT2D eigenvalue weighted by Gasteiger charge is 2.26. The number of morpholine rings is 1. The summed E-state index contributed by atoms with van der Waals surface area (Å²) in [5.74, 6) is -0.251. The second kappa shape index (κ2) is 4.98. The molecule has 1 heterocycles. The van der Waals surface area contributed by atoms with Crippen LogP contribution >= 0.6 is 22.9 Å². The molecule has 12 heavy (non-hydrogen) atoms. The fraction of sp³-hybridized carbons (Fsp3) is 0.857. The lowest BCUT2D eigenvalue weighted by atomic mass is 10.3. The van der Waals surface area contributed by atoms with Crippen molar-refractivity contribution in [3.8, 4) is 0 Å². The Bertz CT molecular complexity index is 165. The van der Waals surface area contributed by atoms with Crippen LogP contribution < -0.4 is 0 Å². The Labute approximate surface area is 85.7 Å². The minimum Gasteiger partial charge on any atom is -0.464 e. The normalized spacial score (nSPS) is 25.3. The summed E-state index contributed by atoms with van der Waals surface area (Å²) in [6.45, 7) is 4.31. The summed E-state index contributed by atoms with van der Waals surface area (Å²) in [7, 11) is 0. The van der Waals surface area contributed by atoms with E-state index in [-0.39, 0.29) is 5.97 Å². The number of hydrogen-bond donors (Lipinski definition) is 0. The first-order valence-electron chi connectivity index (χ1n) is 3.93. The molecular formula is C7H12INO3. The molecule has 1 fully saturated rings. The van der Waals surface area contributed by atoms with Crippen LogP contribution in [0, 0.1) is 0 Å². The zero-order valence-corrected chi connectivity index (χ0v) is 9.11. The van der Waals surface area contributed by atoms with E-state index in [1.165, 1.54) is 0 Å². The maximum atomic E-state index is 11.2. The quantitative estimate of drug-likeness (QED) is 0.423.